The van der Waals surface area contributed by atoms with Gasteiger partial charge in [-0.1, -0.05) is 55.3 Å². The highest BCUT2D eigenvalue weighted by Gasteiger charge is 2.17. The zero-order valence-electron chi connectivity index (χ0n) is 18.9. The molecule has 5 aromatic rings. The molecule has 0 amide bonds. The van der Waals surface area contributed by atoms with Crippen molar-refractivity contribution in [2.45, 2.75) is 50.6 Å². The highest BCUT2D eigenvalue weighted by atomic mass is 35.5. The molecule has 0 aliphatic heterocycles. The third-order valence-corrected chi connectivity index (χ3v) is 7.31. The van der Waals surface area contributed by atoms with Crippen molar-refractivity contribution in [2.24, 2.45) is 0 Å². The molecule has 9 heteroatoms. The topological polar surface area (TPSA) is 82.4 Å². The Hall–Kier alpha value is -3.10. The molecule has 0 saturated heterocycles. The Balaban J connectivity index is 1.60. The van der Waals surface area contributed by atoms with Crippen LogP contribution in [0.25, 0.3) is 27.6 Å². The first kappa shape index (κ1) is 22.7. The predicted octanol–water partition coefficient (Wildman–Crippen LogP) is 5.59. The van der Waals surface area contributed by atoms with Crippen LogP contribution in [0.3, 0.4) is 0 Å². The number of nitrogens with zero attached hydrogens (tertiary/aromatic N) is 4. The minimum absolute atomic E-state index is 0.0557. The molecule has 0 spiro atoms. The average molecular weight is 495 g/mol. The van der Waals surface area contributed by atoms with E-state index in [4.69, 9.17) is 16.0 Å². The Bertz CT molecular complexity index is 1650. The largest absolute Gasteiger partial charge is 0.423 e. The molecule has 34 heavy (non-hydrogen) atoms. The van der Waals surface area contributed by atoms with E-state index in [0.29, 0.717) is 39.2 Å². The fourth-order valence-electron chi connectivity index (χ4n) is 4.16. The van der Waals surface area contributed by atoms with Crippen molar-refractivity contribution in [3.05, 3.63) is 79.4 Å². The number of fused-ring (bicyclic) bond motifs is 4. The molecular weight excluding hydrogens is 472 g/mol. The lowest BCUT2D eigenvalue weighted by atomic mass is 10.1. The molecule has 7 nitrogen and oxygen atoms in total. The monoisotopic (exact) mass is 494 g/mol. The zero-order valence-corrected chi connectivity index (χ0v) is 20.4. The second kappa shape index (κ2) is 9.27. The Labute approximate surface area is 204 Å². The van der Waals surface area contributed by atoms with Crippen LogP contribution in [-0.2, 0) is 12.3 Å². The molecule has 2 aromatic carbocycles. The van der Waals surface area contributed by atoms with E-state index in [2.05, 4.69) is 17.1 Å². The van der Waals surface area contributed by atoms with Gasteiger partial charge in [0, 0.05) is 28.8 Å². The first-order valence-electron chi connectivity index (χ1n) is 11.2. The number of benzene rings is 2. The fourth-order valence-corrected chi connectivity index (χ4v) is 5.25. The molecule has 0 unspecified atom stereocenters. The maximum absolute atomic E-state index is 13.2. The number of aryl methyl sites for hydroxylation is 2. The molecule has 0 bridgehead atoms. The lowest BCUT2D eigenvalue weighted by molar-refractivity contribution is 0.559. The van der Waals surface area contributed by atoms with E-state index >= 15 is 0 Å². The normalized spacial score (nSPS) is 11.7. The number of thioether (sulfide) groups is 1. The van der Waals surface area contributed by atoms with Crippen LogP contribution >= 0.6 is 23.4 Å². The Morgan fingerprint density at radius 1 is 1.06 bits per heavy atom. The number of unbranched alkanes of at least 4 members (excludes halogenated alkanes) is 2. The van der Waals surface area contributed by atoms with Crippen molar-refractivity contribution in [1.82, 2.24) is 19.2 Å². The van der Waals surface area contributed by atoms with Crippen molar-refractivity contribution in [1.29, 1.82) is 0 Å². The molecule has 5 rings (SSSR count). The molecule has 0 radical (unpaired) electrons. The second-order valence-corrected chi connectivity index (χ2v) is 9.63. The fraction of sp³-hybridized carbons (Fsp3) is 0.280. The molecule has 0 saturated carbocycles. The van der Waals surface area contributed by atoms with E-state index < -0.39 is 5.63 Å². The smallest absolute Gasteiger partial charge is 0.336 e. The minimum atomic E-state index is -0.411. The third kappa shape index (κ3) is 4.01. The van der Waals surface area contributed by atoms with Gasteiger partial charge in [0.25, 0.3) is 5.56 Å². The van der Waals surface area contributed by atoms with E-state index in [-0.39, 0.29) is 5.56 Å². The summed E-state index contributed by atoms with van der Waals surface area (Å²) >= 11 is 7.79. The van der Waals surface area contributed by atoms with Gasteiger partial charge in [-0.3, -0.25) is 13.8 Å². The zero-order chi connectivity index (χ0) is 23.8. The van der Waals surface area contributed by atoms with Gasteiger partial charge >= 0.3 is 5.63 Å². The van der Waals surface area contributed by atoms with E-state index in [0.717, 1.165) is 41.3 Å². The molecular formula is C25H23ClN4O3S. The highest BCUT2D eigenvalue weighted by Crippen LogP contribution is 2.30. The van der Waals surface area contributed by atoms with Crippen molar-refractivity contribution >= 4 is 51.0 Å². The van der Waals surface area contributed by atoms with Crippen LogP contribution in [-0.4, -0.2) is 19.2 Å². The average Bonchev–Trinajstić information content (AvgIpc) is 3.25. The summed E-state index contributed by atoms with van der Waals surface area (Å²) in [4.78, 5) is 25.4. The first-order valence-corrected chi connectivity index (χ1v) is 12.6. The predicted molar refractivity (Wildman–Crippen MR) is 136 cm³/mol. The van der Waals surface area contributed by atoms with E-state index in [1.165, 1.54) is 17.8 Å². The lowest BCUT2D eigenvalue weighted by Gasteiger charge is -2.11. The van der Waals surface area contributed by atoms with Gasteiger partial charge in [-0.2, -0.15) is 0 Å². The van der Waals surface area contributed by atoms with Crippen LogP contribution in [0.1, 0.15) is 37.3 Å². The number of rotatable bonds is 7. The van der Waals surface area contributed by atoms with Crippen LogP contribution in [0.4, 0.5) is 0 Å². The summed E-state index contributed by atoms with van der Waals surface area (Å²) in [5, 5.41) is 11.5. The standard InChI is InChI=1S/C25H23ClN4O3S/c1-3-4-7-10-29-23(32)17-8-5-6-9-20(17)30-24(29)27-28-25(30)34-14-16-12-22(31)33-21-11-15(2)19(26)13-18(16)21/h5-6,8-9,11-13H,3-4,7,10,14H2,1-2H3. The molecule has 0 aliphatic carbocycles. The molecule has 0 atom stereocenters. The van der Waals surface area contributed by atoms with Gasteiger partial charge in [-0.25, -0.2) is 4.79 Å². The van der Waals surface area contributed by atoms with Gasteiger partial charge in [-0.15, -0.1) is 10.2 Å². The summed E-state index contributed by atoms with van der Waals surface area (Å²) in [6, 6.07) is 12.6. The van der Waals surface area contributed by atoms with Crippen molar-refractivity contribution in [3.8, 4) is 0 Å². The van der Waals surface area contributed by atoms with E-state index in [9.17, 15) is 9.59 Å². The molecule has 3 aromatic heterocycles. The number of hydrogen-bond acceptors (Lipinski definition) is 6. The van der Waals surface area contributed by atoms with Crippen LogP contribution in [0.15, 0.2) is 61.6 Å². The summed E-state index contributed by atoms with van der Waals surface area (Å²) in [6.45, 7) is 4.59. The van der Waals surface area contributed by atoms with Gasteiger partial charge in [0.15, 0.2) is 5.16 Å². The van der Waals surface area contributed by atoms with E-state index in [1.54, 1.807) is 10.6 Å². The van der Waals surface area contributed by atoms with Crippen molar-refractivity contribution < 1.29 is 4.42 Å². The first-order chi connectivity index (χ1) is 16.5. The van der Waals surface area contributed by atoms with Gasteiger partial charge in [0.05, 0.1) is 10.9 Å². The summed E-state index contributed by atoms with van der Waals surface area (Å²) in [7, 11) is 0. The molecule has 0 N–H and O–H groups in total. The van der Waals surface area contributed by atoms with Gasteiger partial charge in [-0.05, 0) is 48.7 Å². The quantitative estimate of drug-likeness (QED) is 0.166. The molecule has 174 valence electrons. The van der Waals surface area contributed by atoms with Crippen LogP contribution < -0.4 is 11.2 Å². The maximum Gasteiger partial charge on any atom is 0.336 e. The Morgan fingerprint density at radius 3 is 2.71 bits per heavy atom. The van der Waals surface area contributed by atoms with Crippen molar-refractivity contribution in [3.63, 3.8) is 0 Å². The summed E-state index contributed by atoms with van der Waals surface area (Å²) in [5.74, 6) is 0.990. The molecule has 0 fully saturated rings. The lowest BCUT2D eigenvalue weighted by Crippen LogP contribution is -2.23. The summed E-state index contributed by atoms with van der Waals surface area (Å²) in [5.41, 5.74) is 2.45. The number of para-hydroxylation sites is 1. The molecule has 0 aliphatic rings. The van der Waals surface area contributed by atoms with Gasteiger partial charge < -0.3 is 4.42 Å². The Kier molecular flexibility index (Phi) is 6.18. The maximum atomic E-state index is 13.2. The van der Waals surface area contributed by atoms with Crippen LogP contribution in [0.5, 0.6) is 0 Å². The molecule has 3 heterocycles. The number of aromatic nitrogens is 4. The number of halogens is 1. The van der Waals surface area contributed by atoms with E-state index in [1.807, 2.05) is 41.7 Å². The highest BCUT2D eigenvalue weighted by molar-refractivity contribution is 7.98. The second-order valence-electron chi connectivity index (χ2n) is 8.28. The summed E-state index contributed by atoms with van der Waals surface area (Å²) < 4.78 is 9.03. The van der Waals surface area contributed by atoms with Crippen LogP contribution in [0, 0.1) is 6.92 Å². The number of hydrogen-bond donors (Lipinski definition) is 0. The van der Waals surface area contributed by atoms with Gasteiger partial charge in [0.1, 0.15) is 5.58 Å². The summed E-state index contributed by atoms with van der Waals surface area (Å²) in [6.07, 6.45) is 2.99. The SMILES string of the molecule is CCCCCn1c(=O)c2ccccc2n2c(SCc3cc(=O)oc4cc(C)c(Cl)cc34)nnc12. The third-order valence-electron chi connectivity index (χ3n) is 5.93. The van der Waals surface area contributed by atoms with Gasteiger partial charge in [0.2, 0.25) is 5.78 Å². The van der Waals surface area contributed by atoms with Crippen molar-refractivity contribution in [2.75, 3.05) is 0 Å². The Morgan fingerprint density at radius 2 is 1.88 bits per heavy atom. The minimum Gasteiger partial charge on any atom is -0.423 e. The van der Waals surface area contributed by atoms with Crippen LogP contribution in [0.2, 0.25) is 5.02 Å².